The highest BCUT2D eigenvalue weighted by Crippen LogP contribution is 2.23. The van der Waals surface area contributed by atoms with Gasteiger partial charge in [-0.15, -0.1) is 0 Å². The third-order valence-corrected chi connectivity index (χ3v) is 5.44. The van der Waals surface area contributed by atoms with Gasteiger partial charge in [0, 0.05) is 26.1 Å². The van der Waals surface area contributed by atoms with Gasteiger partial charge in [-0.05, 0) is 25.0 Å². The Morgan fingerprint density at radius 1 is 1.33 bits per heavy atom. The fourth-order valence-electron chi connectivity index (χ4n) is 2.45. The first-order valence-corrected chi connectivity index (χ1v) is 8.15. The number of nitrogens with one attached hydrogen (secondary N) is 1. The van der Waals surface area contributed by atoms with Crippen molar-refractivity contribution in [1.82, 2.24) is 9.62 Å². The molecule has 1 aromatic rings. The maximum atomic E-state index is 12.6. The summed E-state index contributed by atoms with van der Waals surface area (Å²) in [4.78, 5) is 11.1. The number of hydrogen-bond donors (Lipinski definition) is 1. The summed E-state index contributed by atoms with van der Waals surface area (Å²) in [5, 5.41) is 11.8. The van der Waals surface area contributed by atoms with E-state index in [0.29, 0.717) is 25.9 Å². The van der Waals surface area contributed by atoms with Crippen molar-refractivity contribution in [2.24, 2.45) is 0 Å². The minimum absolute atomic E-state index is 0.0140. The highest BCUT2D eigenvalue weighted by molar-refractivity contribution is 7.89. The number of carbonyl (C=O) groups is 1. The van der Waals surface area contributed by atoms with E-state index in [1.54, 1.807) is 12.1 Å². The second-order valence-electron chi connectivity index (χ2n) is 4.99. The normalized spacial score (nSPS) is 17.1. The Morgan fingerprint density at radius 2 is 1.95 bits per heavy atom. The monoisotopic (exact) mass is 307 g/mol. The highest BCUT2D eigenvalue weighted by Gasteiger charge is 2.31. The quantitative estimate of drug-likeness (QED) is 0.896. The lowest BCUT2D eigenvalue weighted by Crippen LogP contribution is -2.46. The van der Waals surface area contributed by atoms with E-state index in [0.717, 1.165) is 0 Å². The molecule has 0 aromatic heterocycles. The predicted molar refractivity (Wildman–Crippen MR) is 76.8 cm³/mol. The van der Waals surface area contributed by atoms with Crippen LogP contribution >= 0.6 is 0 Å². The molecule has 6 nitrogen and oxygen atoms in total. The molecule has 7 heteroatoms. The van der Waals surface area contributed by atoms with Gasteiger partial charge >= 0.3 is 0 Å². The van der Waals surface area contributed by atoms with E-state index in [1.165, 1.54) is 23.4 Å². The first-order chi connectivity index (χ1) is 9.95. The lowest BCUT2D eigenvalue weighted by molar-refractivity contribution is -0.119. The minimum atomic E-state index is -3.66. The molecule has 1 saturated heterocycles. The number of benzene rings is 1. The van der Waals surface area contributed by atoms with Crippen LogP contribution in [0.2, 0.25) is 0 Å². The van der Waals surface area contributed by atoms with Crippen LogP contribution in [0.4, 0.5) is 0 Å². The van der Waals surface area contributed by atoms with E-state index < -0.39 is 10.0 Å². The van der Waals surface area contributed by atoms with Crippen LogP contribution < -0.4 is 5.32 Å². The summed E-state index contributed by atoms with van der Waals surface area (Å²) < 4.78 is 26.5. The fourth-order valence-corrected chi connectivity index (χ4v) is 4.06. The third-order valence-electron chi connectivity index (χ3n) is 3.49. The molecule has 112 valence electrons. The Balaban J connectivity index is 2.16. The molecule has 1 aromatic carbocycles. The van der Waals surface area contributed by atoms with Crippen molar-refractivity contribution >= 4 is 15.9 Å². The molecule has 2 rings (SSSR count). The van der Waals surface area contributed by atoms with Gasteiger partial charge in [-0.2, -0.15) is 9.57 Å². The standard InChI is InChI=1S/C14H17N3O3S/c1-11(18)16-13-6-8-17(9-7-13)21(19,20)14-5-3-2-4-12(14)10-15/h2-5,13H,6-9H2,1H3,(H,16,18). The number of sulfonamides is 1. The maximum Gasteiger partial charge on any atom is 0.244 e. The molecular weight excluding hydrogens is 290 g/mol. The summed E-state index contributed by atoms with van der Waals surface area (Å²) in [6.45, 7) is 2.13. The lowest BCUT2D eigenvalue weighted by Gasteiger charge is -2.31. The van der Waals surface area contributed by atoms with Gasteiger partial charge in [-0.25, -0.2) is 8.42 Å². The molecule has 0 radical (unpaired) electrons. The van der Waals surface area contributed by atoms with Crippen molar-refractivity contribution in [3.63, 3.8) is 0 Å². The molecule has 0 saturated carbocycles. The SMILES string of the molecule is CC(=O)NC1CCN(S(=O)(=O)c2ccccc2C#N)CC1. The van der Waals surface area contributed by atoms with E-state index in [4.69, 9.17) is 5.26 Å². The number of nitrogens with zero attached hydrogens (tertiary/aromatic N) is 2. The van der Waals surface area contributed by atoms with E-state index in [9.17, 15) is 13.2 Å². The largest absolute Gasteiger partial charge is 0.354 e. The Morgan fingerprint density at radius 3 is 2.52 bits per heavy atom. The van der Waals surface area contributed by atoms with E-state index in [-0.39, 0.29) is 22.4 Å². The van der Waals surface area contributed by atoms with Crippen LogP contribution in [0.25, 0.3) is 0 Å². The first kappa shape index (κ1) is 15.5. The van der Waals surface area contributed by atoms with Gasteiger partial charge in [-0.1, -0.05) is 12.1 Å². The van der Waals surface area contributed by atoms with Crippen LogP contribution in [0.1, 0.15) is 25.3 Å². The highest BCUT2D eigenvalue weighted by atomic mass is 32.2. The summed E-state index contributed by atoms with van der Waals surface area (Å²) in [6.07, 6.45) is 1.15. The summed E-state index contributed by atoms with van der Waals surface area (Å²) in [5.74, 6) is -0.105. The predicted octanol–water partition coefficient (Wildman–Crippen LogP) is 0.847. The first-order valence-electron chi connectivity index (χ1n) is 6.71. The number of carbonyl (C=O) groups excluding carboxylic acids is 1. The second kappa shape index (κ2) is 6.24. The summed E-state index contributed by atoms with van der Waals surface area (Å²) in [7, 11) is -3.66. The molecule has 21 heavy (non-hydrogen) atoms. The molecule has 0 unspecified atom stereocenters. The van der Waals surface area contributed by atoms with Gasteiger partial charge in [-0.3, -0.25) is 4.79 Å². The molecule has 0 atom stereocenters. The molecule has 1 amide bonds. The van der Waals surface area contributed by atoms with Gasteiger partial charge in [0.2, 0.25) is 15.9 Å². The summed E-state index contributed by atoms with van der Waals surface area (Å²) in [5.41, 5.74) is 0.154. The number of hydrogen-bond acceptors (Lipinski definition) is 4. The van der Waals surface area contributed by atoms with E-state index >= 15 is 0 Å². The Kier molecular flexibility index (Phi) is 4.60. The number of rotatable bonds is 3. The zero-order valence-corrected chi connectivity index (χ0v) is 12.6. The number of amides is 1. The minimum Gasteiger partial charge on any atom is -0.354 e. The molecule has 1 heterocycles. The Bertz CT molecular complexity index is 671. The second-order valence-corrected chi connectivity index (χ2v) is 6.89. The van der Waals surface area contributed by atoms with Crippen molar-refractivity contribution < 1.29 is 13.2 Å². The van der Waals surface area contributed by atoms with Crippen LogP contribution in [0, 0.1) is 11.3 Å². The smallest absolute Gasteiger partial charge is 0.244 e. The lowest BCUT2D eigenvalue weighted by atomic mass is 10.1. The zero-order valence-electron chi connectivity index (χ0n) is 11.7. The van der Waals surface area contributed by atoms with Crippen LogP contribution in [-0.2, 0) is 14.8 Å². The molecular formula is C14H17N3O3S. The van der Waals surface area contributed by atoms with E-state index in [1.807, 2.05) is 6.07 Å². The Hall–Kier alpha value is -1.91. The van der Waals surface area contributed by atoms with Gasteiger partial charge in [0.15, 0.2) is 0 Å². The molecule has 1 fully saturated rings. The van der Waals surface area contributed by atoms with Crippen molar-refractivity contribution in [2.45, 2.75) is 30.7 Å². The molecule has 0 spiro atoms. The topological polar surface area (TPSA) is 90.3 Å². The fraction of sp³-hybridized carbons (Fsp3) is 0.429. The van der Waals surface area contributed by atoms with E-state index in [2.05, 4.69) is 5.32 Å². The molecule has 0 aliphatic carbocycles. The zero-order chi connectivity index (χ0) is 15.5. The van der Waals surface area contributed by atoms with Crippen molar-refractivity contribution in [3.05, 3.63) is 29.8 Å². The van der Waals surface area contributed by atoms with Gasteiger partial charge in [0.25, 0.3) is 0 Å². The van der Waals surface area contributed by atoms with Crippen molar-refractivity contribution in [1.29, 1.82) is 5.26 Å². The average molecular weight is 307 g/mol. The van der Waals surface area contributed by atoms with Crippen LogP contribution in [0.3, 0.4) is 0 Å². The molecule has 1 aliphatic heterocycles. The third kappa shape index (κ3) is 3.40. The van der Waals surface area contributed by atoms with Gasteiger partial charge in [0.05, 0.1) is 10.5 Å². The van der Waals surface area contributed by atoms with Crippen LogP contribution in [0.15, 0.2) is 29.2 Å². The van der Waals surface area contributed by atoms with Crippen LogP contribution in [0.5, 0.6) is 0 Å². The van der Waals surface area contributed by atoms with Gasteiger partial charge in [0.1, 0.15) is 6.07 Å². The average Bonchev–Trinajstić information content (AvgIpc) is 2.47. The number of piperidine rings is 1. The van der Waals surface area contributed by atoms with Crippen molar-refractivity contribution in [3.8, 4) is 6.07 Å². The van der Waals surface area contributed by atoms with Crippen LogP contribution in [-0.4, -0.2) is 37.8 Å². The Labute approximate surface area is 124 Å². The molecule has 1 N–H and O–H groups in total. The van der Waals surface area contributed by atoms with Gasteiger partial charge < -0.3 is 5.32 Å². The summed E-state index contributed by atoms with van der Waals surface area (Å²) >= 11 is 0. The summed E-state index contributed by atoms with van der Waals surface area (Å²) in [6, 6.07) is 8.12. The molecule has 1 aliphatic rings. The number of nitriles is 1. The van der Waals surface area contributed by atoms with Crippen molar-refractivity contribution in [2.75, 3.05) is 13.1 Å². The maximum absolute atomic E-state index is 12.6. The molecule has 0 bridgehead atoms.